The van der Waals surface area contributed by atoms with Crippen molar-refractivity contribution < 1.29 is 23.9 Å². The Bertz CT molecular complexity index is 619. The van der Waals surface area contributed by atoms with Crippen molar-refractivity contribution in [1.82, 2.24) is 9.80 Å². The molecule has 0 saturated carbocycles. The highest BCUT2D eigenvalue weighted by Crippen LogP contribution is 2.16. The molecule has 1 aromatic rings. The van der Waals surface area contributed by atoms with E-state index < -0.39 is 6.09 Å². The summed E-state index contributed by atoms with van der Waals surface area (Å²) in [4.78, 5) is 38.3. The average Bonchev–Trinajstić information content (AvgIpc) is 3.00. The second kappa shape index (κ2) is 8.30. The molecule has 1 heterocycles. The number of amides is 3. The summed E-state index contributed by atoms with van der Waals surface area (Å²) in [7, 11) is 1.55. The van der Waals surface area contributed by atoms with E-state index in [0.717, 1.165) is 4.90 Å². The summed E-state index contributed by atoms with van der Waals surface area (Å²) in [6.45, 7) is 2.84. The van der Waals surface area contributed by atoms with E-state index in [1.807, 2.05) is 6.92 Å². The molecule has 0 aromatic heterocycles. The Morgan fingerprint density at radius 2 is 2.17 bits per heavy atom. The van der Waals surface area contributed by atoms with Crippen LogP contribution >= 0.6 is 0 Å². The molecule has 24 heavy (non-hydrogen) atoms. The minimum absolute atomic E-state index is 0.0167. The van der Waals surface area contributed by atoms with Crippen LogP contribution in [-0.2, 0) is 14.3 Å². The lowest BCUT2D eigenvalue weighted by molar-refractivity contribution is -0.129. The van der Waals surface area contributed by atoms with Gasteiger partial charge in [-0.25, -0.2) is 9.69 Å². The monoisotopic (exact) mass is 335 g/mol. The predicted octanol–water partition coefficient (Wildman–Crippen LogP) is 0.934. The summed E-state index contributed by atoms with van der Waals surface area (Å²) in [6.07, 6.45) is -0.628. The third-order valence-electron chi connectivity index (χ3n) is 3.59. The first-order chi connectivity index (χ1) is 11.5. The van der Waals surface area contributed by atoms with Gasteiger partial charge in [0.15, 0.2) is 0 Å². The fraction of sp³-hybridized carbons (Fsp3) is 0.438. The first-order valence-electron chi connectivity index (χ1n) is 7.67. The summed E-state index contributed by atoms with van der Waals surface area (Å²) in [5, 5.41) is 2.76. The number of hydrogen-bond acceptors (Lipinski definition) is 6. The molecular weight excluding hydrogens is 314 g/mol. The normalized spacial score (nSPS) is 13.8. The van der Waals surface area contributed by atoms with Crippen molar-refractivity contribution in [3.8, 4) is 5.75 Å². The molecule has 2 rings (SSSR count). The number of carbonyl (C=O) groups excluding carboxylic acids is 3. The Morgan fingerprint density at radius 3 is 2.79 bits per heavy atom. The molecule has 8 heteroatoms. The van der Waals surface area contributed by atoms with Crippen LogP contribution in [0.5, 0.6) is 5.75 Å². The minimum atomic E-state index is -0.628. The van der Waals surface area contributed by atoms with Gasteiger partial charge in [-0.3, -0.25) is 14.5 Å². The van der Waals surface area contributed by atoms with E-state index in [9.17, 15) is 14.4 Å². The number of rotatable bonds is 7. The van der Waals surface area contributed by atoms with E-state index in [0.29, 0.717) is 18.0 Å². The van der Waals surface area contributed by atoms with Gasteiger partial charge in [-0.2, -0.15) is 0 Å². The third kappa shape index (κ3) is 4.69. The highest BCUT2D eigenvalue weighted by molar-refractivity contribution is 5.95. The number of imide groups is 1. The number of anilines is 1. The van der Waals surface area contributed by atoms with Crippen LogP contribution < -0.4 is 10.1 Å². The van der Waals surface area contributed by atoms with Crippen LogP contribution in [0.2, 0.25) is 0 Å². The summed E-state index contributed by atoms with van der Waals surface area (Å²) in [5.41, 5.74) is 0.616. The molecule has 0 atom stereocenters. The fourth-order valence-electron chi connectivity index (χ4n) is 2.28. The van der Waals surface area contributed by atoms with Crippen molar-refractivity contribution in [3.63, 3.8) is 0 Å². The number of likely N-dealkylation sites (N-methyl/N-ethyl adjacent to an activating group) is 1. The molecule has 0 spiro atoms. The van der Waals surface area contributed by atoms with Crippen molar-refractivity contribution in [2.24, 2.45) is 0 Å². The molecule has 0 radical (unpaired) electrons. The zero-order valence-electron chi connectivity index (χ0n) is 13.8. The zero-order valence-corrected chi connectivity index (χ0v) is 13.8. The topological polar surface area (TPSA) is 88.2 Å². The van der Waals surface area contributed by atoms with E-state index in [1.165, 1.54) is 0 Å². The molecule has 0 bridgehead atoms. The van der Waals surface area contributed by atoms with Crippen LogP contribution in [0.25, 0.3) is 0 Å². The zero-order chi connectivity index (χ0) is 17.5. The Balaban J connectivity index is 1.88. The molecular formula is C16H21N3O5. The van der Waals surface area contributed by atoms with Crippen molar-refractivity contribution in [1.29, 1.82) is 0 Å². The Morgan fingerprint density at radius 1 is 1.38 bits per heavy atom. The standard InChI is InChI=1S/C16H21N3O5/c1-3-18(11-15(21)19-7-8-24-16(19)22)10-14(20)17-12-5-4-6-13(9-12)23-2/h4-6,9H,3,7-8,10-11H2,1-2H3,(H,17,20). The molecule has 3 amide bonds. The van der Waals surface area contributed by atoms with Crippen molar-refractivity contribution in [2.75, 3.05) is 45.2 Å². The second-order valence-corrected chi connectivity index (χ2v) is 5.24. The number of nitrogens with zero attached hydrogens (tertiary/aromatic N) is 2. The van der Waals surface area contributed by atoms with E-state index in [2.05, 4.69) is 5.32 Å². The van der Waals surface area contributed by atoms with Crippen LogP contribution in [0, 0.1) is 0 Å². The first-order valence-corrected chi connectivity index (χ1v) is 7.67. The molecule has 0 aliphatic carbocycles. The Hall–Kier alpha value is -2.61. The molecule has 1 aliphatic rings. The number of benzene rings is 1. The van der Waals surface area contributed by atoms with E-state index in [4.69, 9.17) is 9.47 Å². The average molecular weight is 335 g/mol. The molecule has 1 saturated heterocycles. The van der Waals surface area contributed by atoms with Crippen molar-refractivity contribution in [3.05, 3.63) is 24.3 Å². The van der Waals surface area contributed by atoms with Gasteiger partial charge in [0.05, 0.1) is 26.7 Å². The smallest absolute Gasteiger partial charge is 0.416 e. The van der Waals surface area contributed by atoms with Gasteiger partial charge in [0.25, 0.3) is 0 Å². The molecule has 130 valence electrons. The highest BCUT2D eigenvalue weighted by Gasteiger charge is 2.29. The van der Waals surface area contributed by atoms with Gasteiger partial charge in [0.1, 0.15) is 12.4 Å². The van der Waals surface area contributed by atoms with Gasteiger partial charge in [0.2, 0.25) is 11.8 Å². The summed E-state index contributed by atoms with van der Waals surface area (Å²) < 4.78 is 9.84. The SMILES string of the molecule is CCN(CC(=O)Nc1cccc(OC)c1)CC(=O)N1CCOC1=O. The number of cyclic esters (lactones) is 1. The lowest BCUT2D eigenvalue weighted by atomic mass is 10.3. The molecule has 0 unspecified atom stereocenters. The summed E-state index contributed by atoms with van der Waals surface area (Å²) in [6, 6.07) is 7.01. The number of methoxy groups -OCH3 is 1. The summed E-state index contributed by atoms with van der Waals surface area (Å²) >= 11 is 0. The quantitative estimate of drug-likeness (QED) is 0.798. The van der Waals surface area contributed by atoms with Crippen LogP contribution in [0.3, 0.4) is 0 Å². The maximum Gasteiger partial charge on any atom is 0.416 e. The van der Waals surface area contributed by atoms with Crippen LogP contribution in [0.1, 0.15) is 6.92 Å². The molecule has 1 N–H and O–H groups in total. The fourth-order valence-corrected chi connectivity index (χ4v) is 2.28. The largest absolute Gasteiger partial charge is 0.497 e. The van der Waals surface area contributed by atoms with Crippen LogP contribution in [-0.4, -0.2) is 67.6 Å². The van der Waals surface area contributed by atoms with Gasteiger partial charge < -0.3 is 14.8 Å². The third-order valence-corrected chi connectivity index (χ3v) is 3.59. The van der Waals surface area contributed by atoms with Crippen LogP contribution in [0.4, 0.5) is 10.5 Å². The van der Waals surface area contributed by atoms with Crippen molar-refractivity contribution in [2.45, 2.75) is 6.92 Å². The lowest BCUT2D eigenvalue weighted by Gasteiger charge is -2.21. The second-order valence-electron chi connectivity index (χ2n) is 5.24. The van der Waals surface area contributed by atoms with E-state index in [-0.39, 0.29) is 38.1 Å². The minimum Gasteiger partial charge on any atom is -0.497 e. The lowest BCUT2D eigenvalue weighted by Crippen LogP contribution is -2.43. The maximum absolute atomic E-state index is 12.1. The Kier molecular flexibility index (Phi) is 6.14. The van der Waals surface area contributed by atoms with Crippen LogP contribution in [0.15, 0.2) is 24.3 Å². The molecule has 1 fully saturated rings. The number of ether oxygens (including phenoxy) is 2. The van der Waals surface area contributed by atoms with Gasteiger partial charge in [-0.1, -0.05) is 13.0 Å². The van der Waals surface area contributed by atoms with Gasteiger partial charge in [0, 0.05) is 11.8 Å². The summed E-state index contributed by atoms with van der Waals surface area (Å²) in [5.74, 6) is 0.0262. The molecule has 1 aromatic carbocycles. The van der Waals surface area contributed by atoms with Gasteiger partial charge in [-0.05, 0) is 18.7 Å². The van der Waals surface area contributed by atoms with E-state index in [1.54, 1.807) is 36.3 Å². The maximum atomic E-state index is 12.1. The van der Waals surface area contributed by atoms with E-state index >= 15 is 0 Å². The van der Waals surface area contributed by atoms with Gasteiger partial charge in [-0.15, -0.1) is 0 Å². The first kappa shape index (κ1) is 17.7. The molecule has 1 aliphatic heterocycles. The number of carbonyl (C=O) groups is 3. The van der Waals surface area contributed by atoms with Gasteiger partial charge >= 0.3 is 6.09 Å². The highest BCUT2D eigenvalue weighted by atomic mass is 16.6. The number of hydrogen-bond donors (Lipinski definition) is 1. The Labute approximate surface area is 140 Å². The number of nitrogens with one attached hydrogen (secondary N) is 1. The predicted molar refractivity (Wildman–Crippen MR) is 86.8 cm³/mol. The van der Waals surface area contributed by atoms with Crippen molar-refractivity contribution >= 4 is 23.6 Å². The molecule has 8 nitrogen and oxygen atoms in total.